The normalized spacial score (nSPS) is 16.4. The van der Waals surface area contributed by atoms with Crippen LogP contribution in [0.15, 0.2) is 59.6 Å². The Kier molecular flexibility index (Phi) is 7.04. The maximum atomic E-state index is 13.1. The van der Waals surface area contributed by atoms with Crippen LogP contribution in [0.2, 0.25) is 0 Å². The molecular weight excluding hydrogens is 452 g/mol. The molecule has 1 amide bonds. The molecule has 180 valence electrons. The van der Waals surface area contributed by atoms with Crippen molar-refractivity contribution in [1.82, 2.24) is 19.4 Å². The van der Waals surface area contributed by atoms with Gasteiger partial charge in [0, 0.05) is 25.8 Å². The maximum absolute atomic E-state index is 13.1. The van der Waals surface area contributed by atoms with Crippen LogP contribution in [0.1, 0.15) is 34.5 Å². The van der Waals surface area contributed by atoms with Crippen molar-refractivity contribution in [1.29, 1.82) is 0 Å². The number of ether oxygens (including phenoxy) is 1. The smallest absolute Gasteiger partial charge is 0.274 e. The van der Waals surface area contributed by atoms with Crippen LogP contribution < -0.4 is 9.46 Å². The minimum Gasteiger partial charge on any atom is -0.494 e. The fourth-order valence-corrected chi connectivity index (χ4v) is 5.27. The second kappa shape index (κ2) is 9.99. The van der Waals surface area contributed by atoms with Gasteiger partial charge in [0.15, 0.2) is 5.69 Å². The Morgan fingerprint density at radius 3 is 2.59 bits per heavy atom. The first-order chi connectivity index (χ1) is 16.3. The first-order valence-corrected chi connectivity index (χ1v) is 12.8. The first-order valence-electron chi connectivity index (χ1n) is 11.3. The zero-order valence-corrected chi connectivity index (χ0v) is 20.5. The van der Waals surface area contributed by atoms with Crippen LogP contribution >= 0.6 is 0 Å². The number of nitrogens with zero attached hydrogens (tertiary/aromatic N) is 3. The number of carbonyl (C=O) groups excluding carboxylic acids is 1. The molecule has 1 aliphatic heterocycles. The number of likely N-dealkylation sites (tertiary alicyclic amines) is 1. The number of benzene rings is 2. The second-order valence-corrected chi connectivity index (χ2v) is 10.5. The van der Waals surface area contributed by atoms with Crippen molar-refractivity contribution in [3.63, 3.8) is 0 Å². The lowest BCUT2D eigenvalue weighted by Crippen LogP contribution is -2.43. The molecule has 8 nitrogen and oxygen atoms in total. The molecule has 0 aliphatic carbocycles. The van der Waals surface area contributed by atoms with Crippen LogP contribution in [-0.2, 0) is 10.0 Å². The lowest BCUT2D eigenvalue weighted by atomic mass is 9.98. The standard InChI is InChI=1S/C25H30N4O4S/c1-18-6-9-21(10-7-18)34(31,32)26-16-20-5-4-13-28(17-20)25(30)22-12-14-29(27-22)23-15-19(2)8-11-24(23)33-3/h6-12,14-15,20,26H,4-5,13,16-17H2,1-3H3/t20-/m1/s1. The number of nitrogens with one attached hydrogen (secondary N) is 1. The molecule has 2 aromatic carbocycles. The minimum atomic E-state index is -3.58. The van der Waals surface area contributed by atoms with E-state index >= 15 is 0 Å². The highest BCUT2D eigenvalue weighted by Gasteiger charge is 2.27. The molecule has 0 bridgehead atoms. The first kappa shape index (κ1) is 24.0. The Labute approximate surface area is 200 Å². The molecule has 9 heteroatoms. The lowest BCUT2D eigenvalue weighted by molar-refractivity contribution is 0.0670. The van der Waals surface area contributed by atoms with Crippen molar-refractivity contribution >= 4 is 15.9 Å². The molecule has 0 radical (unpaired) electrons. The Hall–Kier alpha value is -3.17. The quantitative estimate of drug-likeness (QED) is 0.558. The summed E-state index contributed by atoms with van der Waals surface area (Å²) in [5, 5.41) is 4.50. The number of aromatic nitrogens is 2. The largest absolute Gasteiger partial charge is 0.494 e. The van der Waals surface area contributed by atoms with E-state index in [1.807, 2.05) is 32.0 Å². The van der Waals surface area contributed by atoms with Gasteiger partial charge in [-0.2, -0.15) is 5.10 Å². The van der Waals surface area contributed by atoms with E-state index in [1.165, 1.54) is 0 Å². The van der Waals surface area contributed by atoms with E-state index in [0.717, 1.165) is 29.7 Å². The molecule has 1 saturated heterocycles. The van der Waals surface area contributed by atoms with Gasteiger partial charge in [-0.1, -0.05) is 23.8 Å². The fraction of sp³-hybridized carbons (Fsp3) is 0.360. The zero-order valence-electron chi connectivity index (χ0n) is 19.7. The molecule has 0 saturated carbocycles. The average Bonchev–Trinajstić information content (AvgIpc) is 3.33. The summed E-state index contributed by atoms with van der Waals surface area (Å²) >= 11 is 0. The molecule has 2 heterocycles. The van der Waals surface area contributed by atoms with Gasteiger partial charge in [0.25, 0.3) is 5.91 Å². The predicted molar refractivity (Wildman–Crippen MR) is 130 cm³/mol. The van der Waals surface area contributed by atoms with Gasteiger partial charge in [0.05, 0.1) is 12.0 Å². The molecule has 1 aliphatic rings. The van der Waals surface area contributed by atoms with E-state index in [1.54, 1.807) is 53.2 Å². The van der Waals surface area contributed by atoms with Gasteiger partial charge in [-0.3, -0.25) is 4.79 Å². The van der Waals surface area contributed by atoms with E-state index in [2.05, 4.69) is 9.82 Å². The van der Waals surface area contributed by atoms with Crippen molar-refractivity contribution in [3.8, 4) is 11.4 Å². The number of methoxy groups -OCH3 is 1. The molecule has 1 aromatic heterocycles. The van der Waals surface area contributed by atoms with Crippen LogP contribution in [0, 0.1) is 19.8 Å². The van der Waals surface area contributed by atoms with Gasteiger partial charge in [0.1, 0.15) is 11.4 Å². The van der Waals surface area contributed by atoms with E-state index in [0.29, 0.717) is 24.5 Å². The number of hydrogen-bond donors (Lipinski definition) is 1. The third-order valence-electron chi connectivity index (χ3n) is 6.09. The Morgan fingerprint density at radius 2 is 1.85 bits per heavy atom. The number of piperidine rings is 1. The Balaban J connectivity index is 1.41. The van der Waals surface area contributed by atoms with E-state index in [9.17, 15) is 13.2 Å². The SMILES string of the molecule is COc1ccc(C)cc1-n1ccc(C(=O)N2CCC[C@H](CNS(=O)(=O)c3ccc(C)cc3)C2)n1. The van der Waals surface area contributed by atoms with E-state index < -0.39 is 10.0 Å². The molecule has 0 unspecified atom stereocenters. The summed E-state index contributed by atoms with van der Waals surface area (Å²) in [6.45, 7) is 5.29. The Bertz CT molecular complexity index is 1270. The van der Waals surface area contributed by atoms with Gasteiger partial charge < -0.3 is 9.64 Å². The number of carbonyl (C=O) groups is 1. The van der Waals surface area contributed by atoms with E-state index in [-0.39, 0.29) is 23.3 Å². The van der Waals surface area contributed by atoms with E-state index in [4.69, 9.17) is 4.74 Å². The second-order valence-electron chi connectivity index (χ2n) is 8.75. The monoisotopic (exact) mass is 482 g/mol. The zero-order chi connectivity index (χ0) is 24.3. The third kappa shape index (κ3) is 5.31. The van der Waals surface area contributed by atoms with Crippen LogP contribution in [-0.4, -0.2) is 55.7 Å². The summed E-state index contributed by atoms with van der Waals surface area (Å²) in [6, 6.07) is 14.3. The highest BCUT2D eigenvalue weighted by molar-refractivity contribution is 7.89. The summed E-state index contributed by atoms with van der Waals surface area (Å²) in [7, 11) is -1.98. The summed E-state index contributed by atoms with van der Waals surface area (Å²) in [5.41, 5.74) is 3.18. The number of aryl methyl sites for hydroxylation is 2. The van der Waals surface area contributed by atoms with Crippen LogP contribution in [0.5, 0.6) is 5.75 Å². The van der Waals surface area contributed by atoms with Crippen LogP contribution in [0.25, 0.3) is 5.69 Å². The van der Waals surface area contributed by atoms with Gasteiger partial charge in [-0.05, 0) is 68.5 Å². The number of hydrogen-bond acceptors (Lipinski definition) is 5. The fourth-order valence-electron chi connectivity index (χ4n) is 4.16. The molecule has 34 heavy (non-hydrogen) atoms. The highest BCUT2D eigenvalue weighted by Crippen LogP contribution is 2.24. The summed E-state index contributed by atoms with van der Waals surface area (Å²) in [6.07, 6.45) is 3.42. The van der Waals surface area contributed by atoms with Crippen LogP contribution in [0.3, 0.4) is 0 Å². The molecule has 1 atom stereocenters. The average molecular weight is 483 g/mol. The molecule has 0 spiro atoms. The highest BCUT2D eigenvalue weighted by atomic mass is 32.2. The molecule has 3 aromatic rings. The van der Waals surface area contributed by atoms with Crippen molar-refractivity contribution < 1.29 is 17.9 Å². The predicted octanol–water partition coefficient (Wildman–Crippen LogP) is 3.33. The van der Waals surface area contributed by atoms with Gasteiger partial charge in [-0.25, -0.2) is 17.8 Å². The van der Waals surface area contributed by atoms with Gasteiger partial charge in [-0.15, -0.1) is 0 Å². The third-order valence-corrected chi connectivity index (χ3v) is 7.53. The Morgan fingerprint density at radius 1 is 1.12 bits per heavy atom. The lowest BCUT2D eigenvalue weighted by Gasteiger charge is -2.32. The minimum absolute atomic E-state index is 0.0388. The van der Waals surface area contributed by atoms with Crippen molar-refractivity contribution in [2.24, 2.45) is 5.92 Å². The molecular formula is C25H30N4O4S. The van der Waals surface area contributed by atoms with Crippen LogP contribution in [0.4, 0.5) is 0 Å². The van der Waals surface area contributed by atoms with Gasteiger partial charge in [0.2, 0.25) is 10.0 Å². The summed E-state index contributed by atoms with van der Waals surface area (Å²) in [5.74, 6) is 0.555. The van der Waals surface area contributed by atoms with Crippen molar-refractivity contribution in [3.05, 3.63) is 71.5 Å². The van der Waals surface area contributed by atoms with Gasteiger partial charge >= 0.3 is 0 Å². The maximum Gasteiger partial charge on any atom is 0.274 e. The van der Waals surface area contributed by atoms with Crippen molar-refractivity contribution in [2.75, 3.05) is 26.7 Å². The summed E-state index contributed by atoms with van der Waals surface area (Å²) in [4.78, 5) is 15.2. The number of sulfonamides is 1. The summed E-state index contributed by atoms with van der Waals surface area (Å²) < 4.78 is 35.0. The molecule has 1 fully saturated rings. The number of rotatable bonds is 7. The van der Waals surface area contributed by atoms with Crippen molar-refractivity contribution in [2.45, 2.75) is 31.6 Å². The topological polar surface area (TPSA) is 93.5 Å². The molecule has 4 rings (SSSR count). The molecule has 1 N–H and O–H groups in total. The number of amides is 1.